The quantitative estimate of drug-likeness (QED) is 0.555. The summed E-state index contributed by atoms with van der Waals surface area (Å²) in [4.78, 5) is 19.4. The molecule has 0 saturated carbocycles. The van der Waals surface area contributed by atoms with Gasteiger partial charge in [-0.2, -0.15) is 0 Å². The van der Waals surface area contributed by atoms with Crippen molar-refractivity contribution < 1.29 is 4.79 Å². The first-order valence-corrected chi connectivity index (χ1v) is 12.4. The summed E-state index contributed by atoms with van der Waals surface area (Å²) in [5, 5.41) is 5.12. The number of aromatic nitrogens is 1. The van der Waals surface area contributed by atoms with Crippen LogP contribution in [0.25, 0.3) is 5.00 Å². The van der Waals surface area contributed by atoms with Crippen molar-refractivity contribution in [2.24, 2.45) is 5.92 Å². The van der Waals surface area contributed by atoms with Gasteiger partial charge in [-0.3, -0.25) is 0 Å². The first-order valence-electron chi connectivity index (χ1n) is 11.2. The molecule has 32 heavy (non-hydrogen) atoms. The standard InChI is InChI=1S/C25H29ClN4OS/c1-16(2)13-27-25(31)30-14-20-19-10-12-28(3)15-22(19)32-24(20)29-11-4-5-21(29)23(30)17-6-8-18(26)9-7-17/h4-9,11,16,23H,10,12-15H2,1-3H3,(H,27,31)/t23-/m1/s1. The van der Waals surface area contributed by atoms with Crippen molar-refractivity contribution in [3.8, 4) is 5.00 Å². The van der Waals surface area contributed by atoms with Crippen molar-refractivity contribution in [2.45, 2.75) is 39.4 Å². The van der Waals surface area contributed by atoms with Gasteiger partial charge in [-0.1, -0.05) is 37.6 Å². The SMILES string of the molecule is CC(C)CNC(=O)N1Cc2c(sc3c2CCN(C)C3)-n2cccc2[C@H]1c1ccc(Cl)cc1. The molecule has 3 aromatic rings. The molecule has 0 aliphatic carbocycles. The van der Waals surface area contributed by atoms with Crippen LogP contribution in [0.4, 0.5) is 4.79 Å². The fraction of sp³-hybridized carbons (Fsp3) is 0.400. The van der Waals surface area contributed by atoms with Crippen LogP contribution < -0.4 is 5.32 Å². The van der Waals surface area contributed by atoms with E-state index in [4.69, 9.17) is 11.6 Å². The molecule has 4 heterocycles. The summed E-state index contributed by atoms with van der Waals surface area (Å²) in [5.41, 5.74) is 4.91. The van der Waals surface area contributed by atoms with Crippen molar-refractivity contribution in [1.29, 1.82) is 0 Å². The minimum absolute atomic E-state index is 0.0212. The van der Waals surface area contributed by atoms with Crippen LogP contribution in [0.2, 0.25) is 5.02 Å². The summed E-state index contributed by atoms with van der Waals surface area (Å²) in [7, 11) is 2.18. The van der Waals surface area contributed by atoms with Crippen molar-refractivity contribution in [3.63, 3.8) is 0 Å². The Morgan fingerprint density at radius 1 is 1.19 bits per heavy atom. The second-order valence-electron chi connectivity index (χ2n) is 9.24. The van der Waals surface area contributed by atoms with Crippen molar-refractivity contribution >= 4 is 29.0 Å². The molecule has 0 bridgehead atoms. The van der Waals surface area contributed by atoms with Crippen LogP contribution in [0.3, 0.4) is 0 Å². The number of hydrogen-bond donors (Lipinski definition) is 1. The number of carbonyl (C=O) groups is 1. The second kappa shape index (κ2) is 8.58. The largest absolute Gasteiger partial charge is 0.338 e. The maximum atomic E-state index is 13.6. The molecule has 0 spiro atoms. The molecule has 5 rings (SSSR count). The van der Waals surface area contributed by atoms with E-state index in [-0.39, 0.29) is 12.1 Å². The number of thiophene rings is 1. The Hall–Kier alpha value is -2.28. The van der Waals surface area contributed by atoms with Gasteiger partial charge in [0.1, 0.15) is 5.00 Å². The van der Waals surface area contributed by atoms with Gasteiger partial charge < -0.3 is 19.7 Å². The Morgan fingerprint density at radius 3 is 2.72 bits per heavy atom. The Bertz CT molecular complexity index is 1130. The average molecular weight is 469 g/mol. The number of rotatable bonds is 3. The van der Waals surface area contributed by atoms with Crippen LogP contribution in [0.15, 0.2) is 42.6 Å². The molecule has 1 atom stereocenters. The van der Waals surface area contributed by atoms with Crippen LogP contribution in [0.1, 0.15) is 47.2 Å². The maximum absolute atomic E-state index is 13.6. The van der Waals surface area contributed by atoms with E-state index < -0.39 is 0 Å². The summed E-state index contributed by atoms with van der Waals surface area (Å²) >= 11 is 8.07. The Labute approximate surface area is 198 Å². The molecule has 0 radical (unpaired) electrons. The van der Waals surface area contributed by atoms with Gasteiger partial charge in [0, 0.05) is 41.3 Å². The first-order chi connectivity index (χ1) is 15.4. The summed E-state index contributed by atoms with van der Waals surface area (Å²) in [6.45, 7) is 7.52. The van der Waals surface area contributed by atoms with Crippen molar-refractivity contribution in [1.82, 2.24) is 19.7 Å². The number of halogens is 1. The van der Waals surface area contributed by atoms with E-state index in [1.807, 2.05) is 40.5 Å². The number of nitrogens with zero attached hydrogens (tertiary/aromatic N) is 3. The molecule has 2 aliphatic heterocycles. The van der Waals surface area contributed by atoms with E-state index in [9.17, 15) is 4.79 Å². The van der Waals surface area contributed by atoms with Gasteiger partial charge in [0.15, 0.2) is 0 Å². The van der Waals surface area contributed by atoms with Gasteiger partial charge >= 0.3 is 6.03 Å². The van der Waals surface area contributed by atoms with Gasteiger partial charge in [0.2, 0.25) is 0 Å². The summed E-state index contributed by atoms with van der Waals surface area (Å²) < 4.78 is 2.30. The molecule has 0 fully saturated rings. The highest BCUT2D eigenvalue weighted by Gasteiger charge is 2.36. The van der Waals surface area contributed by atoms with E-state index in [1.54, 1.807) is 0 Å². The molecule has 1 N–H and O–H groups in total. The topological polar surface area (TPSA) is 40.5 Å². The molecule has 2 amide bonds. The lowest BCUT2D eigenvalue weighted by molar-refractivity contribution is 0.179. The molecule has 7 heteroatoms. The van der Waals surface area contributed by atoms with E-state index >= 15 is 0 Å². The fourth-order valence-corrected chi connectivity index (χ4v) is 6.31. The van der Waals surface area contributed by atoms with Gasteiger partial charge in [0.25, 0.3) is 0 Å². The number of benzene rings is 1. The summed E-state index contributed by atoms with van der Waals surface area (Å²) in [6, 6.07) is 11.9. The van der Waals surface area contributed by atoms with Gasteiger partial charge in [-0.15, -0.1) is 11.3 Å². The molecule has 2 aliphatic rings. The maximum Gasteiger partial charge on any atom is 0.318 e. The highest BCUT2D eigenvalue weighted by atomic mass is 35.5. The third kappa shape index (κ3) is 3.85. The van der Waals surface area contributed by atoms with Gasteiger partial charge in [0.05, 0.1) is 18.3 Å². The van der Waals surface area contributed by atoms with E-state index in [1.165, 1.54) is 21.0 Å². The molecule has 1 aromatic carbocycles. The van der Waals surface area contributed by atoms with Crippen LogP contribution in [0, 0.1) is 5.92 Å². The number of carbonyl (C=O) groups excluding carboxylic acids is 1. The Balaban J connectivity index is 1.65. The van der Waals surface area contributed by atoms with E-state index in [0.29, 0.717) is 24.0 Å². The number of amides is 2. The van der Waals surface area contributed by atoms with Crippen LogP contribution in [-0.4, -0.2) is 40.5 Å². The highest BCUT2D eigenvalue weighted by Crippen LogP contribution is 2.43. The lowest BCUT2D eigenvalue weighted by atomic mass is 10.0. The molecule has 2 aromatic heterocycles. The molecule has 5 nitrogen and oxygen atoms in total. The zero-order chi connectivity index (χ0) is 22.4. The monoisotopic (exact) mass is 468 g/mol. The summed E-state index contributed by atoms with van der Waals surface area (Å²) in [6.07, 6.45) is 3.17. The third-order valence-electron chi connectivity index (χ3n) is 6.36. The number of nitrogens with one attached hydrogen (secondary N) is 1. The van der Waals surface area contributed by atoms with E-state index in [0.717, 1.165) is 30.8 Å². The number of hydrogen-bond acceptors (Lipinski definition) is 3. The third-order valence-corrected chi connectivity index (χ3v) is 7.87. The normalized spacial score (nSPS) is 18.2. The molecule has 0 unspecified atom stereocenters. The first kappa shape index (κ1) is 21.6. The number of urea groups is 1. The van der Waals surface area contributed by atoms with Crippen LogP contribution in [-0.2, 0) is 19.5 Å². The van der Waals surface area contributed by atoms with Gasteiger partial charge in [-0.05, 0) is 54.8 Å². The smallest absolute Gasteiger partial charge is 0.318 e. The van der Waals surface area contributed by atoms with E-state index in [2.05, 4.69) is 54.0 Å². The lowest BCUT2D eigenvalue weighted by Gasteiger charge is -2.32. The van der Waals surface area contributed by atoms with Crippen LogP contribution >= 0.6 is 22.9 Å². The lowest BCUT2D eigenvalue weighted by Crippen LogP contribution is -2.43. The van der Waals surface area contributed by atoms with Crippen molar-refractivity contribution in [3.05, 3.63) is 74.9 Å². The predicted molar refractivity (Wildman–Crippen MR) is 131 cm³/mol. The zero-order valence-corrected chi connectivity index (χ0v) is 20.3. The molecule has 0 saturated heterocycles. The van der Waals surface area contributed by atoms with Crippen LogP contribution in [0.5, 0.6) is 0 Å². The molecular weight excluding hydrogens is 440 g/mol. The second-order valence-corrected chi connectivity index (χ2v) is 10.8. The van der Waals surface area contributed by atoms with Crippen molar-refractivity contribution in [2.75, 3.05) is 20.1 Å². The fourth-order valence-electron chi connectivity index (χ4n) is 4.74. The zero-order valence-electron chi connectivity index (χ0n) is 18.8. The molecular formula is C25H29ClN4OS. The minimum atomic E-state index is -0.184. The number of likely N-dealkylation sites (N-methyl/N-ethyl adjacent to an activating group) is 1. The average Bonchev–Trinajstić information content (AvgIpc) is 3.34. The highest BCUT2D eigenvalue weighted by molar-refractivity contribution is 7.15. The molecule has 168 valence electrons. The van der Waals surface area contributed by atoms with Gasteiger partial charge in [-0.25, -0.2) is 4.79 Å². The Morgan fingerprint density at radius 2 is 1.97 bits per heavy atom. The minimum Gasteiger partial charge on any atom is -0.338 e. The predicted octanol–water partition coefficient (Wildman–Crippen LogP) is 5.45. The summed E-state index contributed by atoms with van der Waals surface area (Å²) in [5.74, 6) is 0.392. The Kier molecular flexibility index (Phi) is 5.78. The number of fused-ring (bicyclic) bond motifs is 5.